The maximum absolute atomic E-state index is 14.2. The third-order valence-electron chi connectivity index (χ3n) is 9.08. The van der Waals surface area contributed by atoms with Crippen LogP contribution in [0, 0.1) is 6.92 Å². The van der Waals surface area contributed by atoms with Crippen LogP contribution in [0.2, 0.25) is 0 Å². The van der Waals surface area contributed by atoms with E-state index in [0.717, 1.165) is 19.3 Å². The molecule has 5 rings (SSSR count). The Morgan fingerprint density at radius 2 is 1.80 bits per heavy atom. The molecule has 1 saturated carbocycles. The van der Waals surface area contributed by atoms with E-state index in [9.17, 15) is 29.1 Å². The third-order valence-corrected chi connectivity index (χ3v) is 9.08. The molecule has 46 heavy (non-hydrogen) atoms. The molecule has 2 fully saturated rings. The number of nitrogens with zero attached hydrogens (tertiary/aromatic N) is 3. The number of carbonyl (C=O) groups is 5. The zero-order valence-electron chi connectivity index (χ0n) is 26.6. The number of amides is 4. The summed E-state index contributed by atoms with van der Waals surface area (Å²) in [5, 5.41) is 12.2. The number of hydrogen-bond acceptors (Lipinski definition) is 7. The highest BCUT2D eigenvalue weighted by molar-refractivity contribution is 6.05. The van der Waals surface area contributed by atoms with Crippen molar-refractivity contribution < 1.29 is 38.6 Å². The van der Waals surface area contributed by atoms with Gasteiger partial charge in [-0.1, -0.05) is 24.6 Å². The van der Waals surface area contributed by atoms with Gasteiger partial charge in [-0.15, -0.1) is 0 Å². The van der Waals surface area contributed by atoms with Gasteiger partial charge in [-0.25, -0.2) is 14.4 Å². The Hall–Kier alpha value is -4.61. The molecule has 1 aliphatic carbocycles. The van der Waals surface area contributed by atoms with Crippen molar-refractivity contribution in [1.82, 2.24) is 15.1 Å². The van der Waals surface area contributed by atoms with E-state index in [1.165, 1.54) is 4.90 Å². The monoisotopic (exact) mass is 634 g/mol. The van der Waals surface area contributed by atoms with E-state index in [1.54, 1.807) is 52.3 Å². The van der Waals surface area contributed by atoms with Crippen LogP contribution in [-0.2, 0) is 9.53 Å². The van der Waals surface area contributed by atoms with Crippen LogP contribution in [0.3, 0.4) is 0 Å². The number of esters is 1. The Morgan fingerprint density at radius 1 is 1.09 bits per heavy atom. The number of benzene rings is 2. The molecular formula is C34H42N4O8. The molecule has 2 N–H and O–H groups in total. The first-order valence-corrected chi connectivity index (χ1v) is 16.0. The summed E-state index contributed by atoms with van der Waals surface area (Å²) in [7, 11) is 0. The van der Waals surface area contributed by atoms with Gasteiger partial charge in [-0.05, 0) is 89.1 Å². The highest BCUT2D eigenvalue weighted by atomic mass is 16.6. The van der Waals surface area contributed by atoms with Gasteiger partial charge in [0, 0.05) is 37.8 Å². The number of anilines is 1. The second-order valence-electron chi connectivity index (χ2n) is 12.5. The summed E-state index contributed by atoms with van der Waals surface area (Å²) in [6, 6.07) is 11.1. The molecule has 2 heterocycles. The van der Waals surface area contributed by atoms with E-state index in [-0.39, 0.29) is 49.1 Å². The van der Waals surface area contributed by atoms with E-state index >= 15 is 0 Å². The van der Waals surface area contributed by atoms with E-state index < -0.39 is 23.8 Å². The topological polar surface area (TPSA) is 146 Å². The Bertz CT molecular complexity index is 1490. The van der Waals surface area contributed by atoms with Gasteiger partial charge in [0.1, 0.15) is 5.75 Å². The molecule has 2 aromatic rings. The Balaban J connectivity index is 1.39. The molecule has 12 heteroatoms. The van der Waals surface area contributed by atoms with Crippen molar-refractivity contribution in [2.24, 2.45) is 0 Å². The molecule has 4 amide bonds. The summed E-state index contributed by atoms with van der Waals surface area (Å²) in [4.78, 5) is 69.4. The number of ether oxygens (including phenoxy) is 2. The van der Waals surface area contributed by atoms with Gasteiger partial charge >= 0.3 is 18.2 Å². The minimum Gasteiger partial charge on any atom is -0.475 e. The fourth-order valence-corrected chi connectivity index (χ4v) is 6.80. The number of hydrogen-bond donors (Lipinski definition) is 2. The Kier molecular flexibility index (Phi) is 9.83. The van der Waals surface area contributed by atoms with Gasteiger partial charge in [0.2, 0.25) is 0 Å². The molecule has 0 unspecified atom stereocenters. The number of likely N-dealkylation sites (tertiary alicyclic amines) is 1. The minimum absolute atomic E-state index is 0.00939. The molecular weight excluding hydrogens is 592 g/mol. The summed E-state index contributed by atoms with van der Waals surface area (Å²) < 4.78 is 11.4. The summed E-state index contributed by atoms with van der Waals surface area (Å²) in [6.07, 6.45) is 3.21. The van der Waals surface area contributed by atoms with Crippen LogP contribution in [0.1, 0.15) is 85.1 Å². The van der Waals surface area contributed by atoms with Gasteiger partial charge in [0.15, 0.2) is 5.60 Å². The lowest BCUT2D eigenvalue weighted by molar-refractivity contribution is -0.138. The fraction of sp³-hybridized carbons (Fsp3) is 0.500. The largest absolute Gasteiger partial charge is 0.475 e. The molecule has 2 aromatic carbocycles. The maximum Gasteiger partial charge on any atom is 0.415 e. The summed E-state index contributed by atoms with van der Waals surface area (Å²) in [6.45, 7) is 6.36. The van der Waals surface area contributed by atoms with Crippen LogP contribution < -0.4 is 15.0 Å². The Labute approximate surface area is 268 Å². The molecule has 0 bridgehead atoms. The van der Waals surface area contributed by atoms with Crippen molar-refractivity contribution in [1.29, 1.82) is 0 Å². The van der Waals surface area contributed by atoms with Crippen LogP contribution in [0.5, 0.6) is 5.75 Å². The standard InChI is InChI=1S/C34H42N4O8/c1-22(2)38(25-13-10-17-36(21-25)33(43)44)29(39)26-20-27-28(19-23(26)3)46-34(14-8-5-9-15-34)31(41)37(27)18-16-35-32(42)45-30(40)24-11-6-4-7-12-24/h4,6-7,11-12,19-20,22,25H,5,8-10,13-18,21H2,1-3H3,(H,35,42)(H,43,44)/t25-/m1/s1. The average Bonchev–Trinajstić information content (AvgIpc) is 3.03. The molecule has 1 spiro atoms. The molecule has 2 aliphatic heterocycles. The molecule has 246 valence electrons. The first kappa shape index (κ1) is 32.8. The van der Waals surface area contributed by atoms with Crippen molar-refractivity contribution in [3.8, 4) is 5.75 Å². The SMILES string of the molecule is Cc1cc2c(cc1C(=O)N(C(C)C)[C@@H]1CCCN(C(=O)O)C1)N(CCNC(=O)OC(=O)c1ccccc1)C(=O)C1(CCCCC1)O2. The predicted octanol–water partition coefficient (Wildman–Crippen LogP) is 4.98. The maximum atomic E-state index is 14.2. The number of rotatable bonds is 7. The number of piperidine rings is 1. The van der Waals surface area contributed by atoms with E-state index in [1.807, 2.05) is 20.8 Å². The number of nitrogens with one attached hydrogen (secondary N) is 1. The fourth-order valence-electron chi connectivity index (χ4n) is 6.80. The zero-order chi connectivity index (χ0) is 33.0. The molecule has 0 radical (unpaired) electrons. The van der Waals surface area contributed by atoms with Crippen LogP contribution in [0.15, 0.2) is 42.5 Å². The quantitative estimate of drug-likeness (QED) is 0.320. The van der Waals surface area contributed by atoms with E-state index in [2.05, 4.69) is 5.32 Å². The second-order valence-corrected chi connectivity index (χ2v) is 12.5. The van der Waals surface area contributed by atoms with Gasteiger partial charge in [-0.3, -0.25) is 9.59 Å². The molecule has 1 saturated heterocycles. The predicted molar refractivity (Wildman–Crippen MR) is 169 cm³/mol. The van der Waals surface area contributed by atoms with Gasteiger partial charge in [0.25, 0.3) is 11.8 Å². The summed E-state index contributed by atoms with van der Waals surface area (Å²) >= 11 is 0. The lowest BCUT2D eigenvalue weighted by Crippen LogP contribution is -2.58. The lowest BCUT2D eigenvalue weighted by atomic mass is 9.82. The Morgan fingerprint density at radius 3 is 2.48 bits per heavy atom. The number of fused-ring (bicyclic) bond motifs is 1. The van der Waals surface area contributed by atoms with Crippen molar-refractivity contribution in [2.75, 3.05) is 31.1 Å². The normalized spacial score (nSPS) is 18.9. The van der Waals surface area contributed by atoms with Crippen LogP contribution in [-0.4, -0.2) is 88.7 Å². The number of carboxylic acid groups (broad SMARTS) is 1. The summed E-state index contributed by atoms with van der Waals surface area (Å²) in [5.41, 5.74) is 0.703. The molecule has 12 nitrogen and oxygen atoms in total. The van der Waals surface area contributed by atoms with Crippen LogP contribution >= 0.6 is 0 Å². The first-order valence-electron chi connectivity index (χ1n) is 16.0. The molecule has 0 aromatic heterocycles. The third kappa shape index (κ3) is 6.80. The first-order chi connectivity index (χ1) is 22.0. The van der Waals surface area contributed by atoms with E-state index in [0.29, 0.717) is 54.8 Å². The van der Waals surface area contributed by atoms with Crippen LogP contribution in [0.4, 0.5) is 15.3 Å². The van der Waals surface area contributed by atoms with Gasteiger partial charge < -0.3 is 34.6 Å². The number of aryl methyl sites for hydroxylation is 1. The second kappa shape index (κ2) is 13.8. The minimum atomic E-state index is -1.03. The van der Waals surface area contributed by atoms with Crippen LogP contribution in [0.25, 0.3) is 0 Å². The summed E-state index contributed by atoms with van der Waals surface area (Å²) in [5.74, 6) is -0.783. The number of alkyl carbamates (subject to hydrolysis) is 1. The van der Waals surface area contributed by atoms with Crippen molar-refractivity contribution in [2.45, 2.75) is 83.4 Å². The average molecular weight is 635 g/mol. The lowest BCUT2D eigenvalue weighted by Gasteiger charge is -2.45. The van der Waals surface area contributed by atoms with Gasteiger partial charge in [-0.2, -0.15) is 0 Å². The molecule has 3 aliphatic rings. The highest BCUT2D eigenvalue weighted by Gasteiger charge is 2.49. The van der Waals surface area contributed by atoms with Crippen molar-refractivity contribution in [3.63, 3.8) is 0 Å². The number of carbonyl (C=O) groups excluding carboxylic acids is 4. The smallest absolute Gasteiger partial charge is 0.415 e. The zero-order valence-corrected chi connectivity index (χ0v) is 26.6. The van der Waals surface area contributed by atoms with Crippen molar-refractivity contribution >= 4 is 35.7 Å². The highest BCUT2D eigenvalue weighted by Crippen LogP contribution is 2.45. The van der Waals surface area contributed by atoms with E-state index in [4.69, 9.17) is 9.47 Å². The van der Waals surface area contributed by atoms with Crippen molar-refractivity contribution in [3.05, 3.63) is 59.2 Å². The molecule has 1 atom stereocenters. The van der Waals surface area contributed by atoms with Gasteiger partial charge in [0.05, 0.1) is 17.3 Å².